The number of hydrogen-bond acceptors (Lipinski definition) is 1. The molecule has 1 nitrogen and oxygen atoms in total. The summed E-state index contributed by atoms with van der Waals surface area (Å²) in [5.74, 6) is 0. The van der Waals surface area contributed by atoms with Gasteiger partial charge in [-0.1, -0.05) is 54.6 Å². The van der Waals surface area contributed by atoms with Gasteiger partial charge in [0.15, 0.2) is 0 Å². The van der Waals surface area contributed by atoms with E-state index in [9.17, 15) is 0 Å². The van der Waals surface area contributed by atoms with Gasteiger partial charge >= 0.3 is 0 Å². The van der Waals surface area contributed by atoms with Crippen molar-refractivity contribution in [1.82, 2.24) is 0 Å². The van der Waals surface area contributed by atoms with Crippen LogP contribution in [0.2, 0.25) is 0 Å². The lowest BCUT2D eigenvalue weighted by atomic mass is 10.2. The van der Waals surface area contributed by atoms with Crippen molar-refractivity contribution in [1.29, 1.82) is 0 Å². The van der Waals surface area contributed by atoms with Gasteiger partial charge in [-0.05, 0) is 56.2 Å². The van der Waals surface area contributed by atoms with E-state index in [2.05, 4.69) is 97.9 Å². The summed E-state index contributed by atoms with van der Waals surface area (Å²) in [6, 6.07) is 33.3. The molecule has 0 fully saturated rings. The average molecular weight is 363 g/mol. The maximum atomic E-state index is 5.49. The molecule has 3 aromatic rings. The molecular formula is C24H28OP+. The van der Waals surface area contributed by atoms with E-state index in [1.807, 2.05) is 0 Å². The third-order valence-electron chi connectivity index (χ3n) is 5.10. The molecule has 1 atom stereocenters. The minimum absolute atomic E-state index is 0.305. The Morgan fingerprint density at radius 1 is 0.692 bits per heavy atom. The number of methoxy groups -OCH3 is 1. The average Bonchev–Trinajstić information content (AvgIpc) is 2.73. The summed E-state index contributed by atoms with van der Waals surface area (Å²) in [6.45, 7) is 2.16. The van der Waals surface area contributed by atoms with Gasteiger partial charge in [-0.2, -0.15) is 0 Å². The van der Waals surface area contributed by atoms with Crippen molar-refractivity contribution < 1.29 is 4.74 Å². The van der Waals surface area contributed by atoms with Crippen molar-refractivity contribution >= 4 is 23.2 Å². The Bertz CT molecular complexity index is 674. The first-order valence-corrected chi connectivity index (χ1v) is 11.3. The summed E-state index contributed by atoms with van der Waals surface area (Å²) < 4.78 is 5.49. The first-order valence-electron chi connectivity index (χ1n) is 9.35. The molecule has 0 aliphatic carbocycles. The summed E-state index contributed by atoms with van der Waals surface area (Å²) in [7, 11) is 0.129. The summed E-state index contributed by atoms with van der Waals surface area (Å²) in [5.41, 5.74) is 0. The van der Waals surface area contributed by atoms with Crippen LogP contribution in [0.4, 0.5) is 0 Å². The van der Waals surface area contributed by atoms with Crippen LogP contribution in [0, 0.1) is 0 Å². The molecule has 0 bridgehead atoms. The van der Waals surface area contributed by atoms with E-state index >= 15 is 0 Å². The molecule has 134 valence electrons. The molecule has 3 rings (SSSR count). The lowest BCUT2D eigenvalue weighted by Gasteiger charge is -2.28. The van der Waals surface area contributed by atoms with Gasteiger partial charge in [-0.3, -0.25) is 0 Å². The Hall–Kier alpha value is -1.95. The molecule has 0 saturated carbocycles. The lowest BCUT2D eigenvalue weighted by molar-refractivity contribution is 0.110. The summed E-state index contributed by atoms with van der Waals surface area (Å²) in [4.78, 5) is 0. The quantitative estimate of drug-likeness (QED) is 0.523. The van der Waals surface area contributed by atoms with Crippen LogP contribution < -0.4 is 15.9 Å². The molecule has 0 aromatic heterocycles. The van der Waals surface area contributed by atoms with Crippen LogP contribution in [0.25, 0.3) is 0 Å². The molecule has 1 unspecified atom stereocenters. The van der Waals surface area contributed by atoms with Crippen LogP contribution in [0.15, 0.2) is 91.0 Å². The summed E-state index contributed by atoms with van der Waals surface area (Å²) >= 11 is 0. The van der Waals surface area contributed by atoms with Crippen LogP contribution in [0.5, 0.6) is 0 Å². The van der Waals surface area contributed by atoms with Crippen LogP contribution in [0.3, 0.4) is 0 Å². The predicted octanol–water partition coefficient (Wildman–Crippen LogP) is 4.80. The standard InChI is InChI=1S/C24H28OP/c1-21(25-2)13-12-20-26(22-14-6-3-7-15-22,23-16-8-4-9-17-23)24-18-10-5-11-19-24/h3-11,14-19,21H,12-13,20H2,1-2H3/q+1. The van der Waals surface area contributed by atoms with Crippen molar-refractivity contribution in [2.75, 3.05) is 13.3 Å². The van der Waals surface area contributed by atoms with Crippen molar-refractivity contribution in [3.8, 4) is 0 Å². The lowest BCUT2D eigenvalue weighted by Crippen LogP contribution is -2.33. The van der Waals surface area contributed by atoms with Crippen molar-refractivity contribution in [2.45, 2.75) is 25.9 Å². The molecule has 0 N–H and O–H groups in total. The van der Waals surface area contributed by atoms with Gasteiger partial charge in [-0.25, -0.2) is 0 Å². The maximum absolute atomic E-state index is 5.49. The third kappa shape index (κ3) is 4.06. The highest BCUT2D eigenvalue weighted by Gasteiger charge is 2.44. The highest BCUT2D eigenvalue weighted by Crippen LogP contribution is 2.55. The zero-order valence-electron chi connectivity index (χ0n) is 15.7. The van der Waals surface area contributed by atoms with E-state index in [-0.39, 0.29) is 0 Å². The summed E-state index contributed by atoms with van der Waals surface area (Å²) in [5, 5.41) is 4.38. The number of benzene rings is 3. The molecule has 0 aliphatic heterocycles. The number of rotatable bonds is 8. The van der Waals surface area contributed by atoms with E-state index in [1.165, 1.54) is 22.1 Å². The second-order valence-electron chi connectivity index (χ2n) is 6.73. The second-order valence-corrected chi connectivity index (χ2v) is 10.3. The normalized spacial score (nSPS) is 12.7. The molecule has 0 saturated heterocycles. The van der Waals surface area contributed by atoms with Gasteiger partial charge < -0.3 is 4.74 Å². The van der Waals surface area contributed by atoms with Gasteiger partial charge in [0.05, 0.1) is 12.3 Å². The number of ether oxygens (including phenoxy) is 1. The fourth-order valence-corrected chi connectivity index (χ4v) is 7.98. The Labute approximate surface area is 158 Å². The molecule has 0 heterocycles. The zero-order valence-corrected chi connectivity index (χ0v) is 16.6. The van der Waals surface area contributed by atoms with Crippen LogP contribution in [-0.4, -0.2) is 19.4 Å². The van der Waals surface area contributed by atoms with E-state index < -0.39 is 7.26 Å². The van der Waals surface area contributed by atoms with E-state index in [0.29, 0.717) is 6.10 Å². The molecule has 3 aromatic carbocycles. The third-order valence-corrected chi connectivity index (χ3v) is 9.62. The highest BCUT2D eigenvalue weighted by atomic mass is 31.2. The minimum Gasteiger partial charge on any atom is -0.382 e. The Balaban J connectivity index is 2.11. The Morgan fingerprint density at radius 3 is 1.42 bits per heavy atom. The second kappa shape index (κ2) is 9.12. The molecule has 0 spiro atoms. The van der Waals surface area contributed by atoms with Crippen LogP contribution >= 0.6 is 7.26 Å². The molecule has 0 amide bonds. The smallest absolute Gasteiger partial charge is 0.112 e. The van der Waals surface area contributed by atoms with E-state index in [1.54, 1.807) is 7.11 Å². The minimum atomic E-state index is -1.68. The first kappa shape index (κ1) is 18.8. The first-order chi connectivity index (χ1) is 12.8. The van der Waals surface area contributed by atoms with E-state index in [4.69, 9.17) is 4.74 Å². The van der Waals surface area contributed by atoms with Gasteiger partial charge in [0.2, 0.25) is 0 Å². The number of hydrogen-bond donors (Lipinski definition) is 0. The largest absolute Gasteiger partial charge is 0.382 e. The van der Waals surface area contributed by atoms with Crippen molar-refractivity contribution in [2.24, 2.45) is 0 Å². The van der Waals surface area contributed by atoms with Crippen molar-refractivity contribution in [3.63, 3.8) is 0 Å². The highest BCUT2D eigenvalue weighted by molar-refractivity contribution is 7.95. The fourth-order valence-electron chi connectivity index (χ4n) is 3.62. The Kier molecular flexibility index (Phi) is 6.61. The summed E-state index contributed by atoms with van der Waals surface area (Å²) in [6.07, 6.45) is 3.71. The predicted molar refractivity (Wildman–Crippen MR) is 116 cm³/mol. The zero-order chi connectivity index (χ0) is 18.2. The van der Waals surface area contributed by atoms with Gasteiger partial charge in [-0.15, -0.1) is 0 Å². The molecule has 0 aliphatic rings. The van der Waals surface area contributed by atoms with Gasteiger partial charge in [0.1, 0.15) is 23.2 Å². The van der Waals surface area contributed by atoms with Crippen molar-refractivity contribution in [3.05, 3.63) is 91.0 Å². The maximum Gasteiger partial charge on any atom is 0.112 e. The SMILES string of the molecule is COC(C)CCC[P+](c1ccccc1)(c1ccccc1)c1ccccc1. The monoisotopic (exact) mass is 363 g/mol. The van der Waals surface area contributed by atoms with Gasteiger partial charge in [0, 0.05) is 7.11 Å². The fraction of sp³-hybridized carbons (Fsp3) is 0.250. The van der Waals surface area contributed by atoms with Gasteiger partial charge in [0.25, 0.3) is 0 Å². The topological polar surface area (TPSA) is 9.23 Å². The molecule has 2 heteroatoms. The van der Waals surface area contributed by atoms with Crippen LogP contribution in [0.1, 0.15) is 19.8 Å². The Morgan fingerprint density at radius 2 is 1.08 bits per heavy atom. The molecule has 0 radical (unpaired) electrons. The van der Waals surface area contributed by atoms with Crippen LogP contribution in [-0.2, 0) is 4.74 Å². The van der Waals surface area contributed by atoms with E-state index in [0.717, 1.165) is 12.8 Å². The molecular weight excluding hydrogens is 335 g/mol. The molecule has 26 heavy (non-hydrogen) atoms.